The fraction of sp³-hybridized carbons (Fsp3) is 0.158. The van der Waals surface area contributed by atoms with Crippen LogP contribution in [-0.2, 0) is 0 Å². The van der Waals surface area contributed by atoms with E-state index in [9.17, 15) is 4.79 Å². The van der Waals surface area contributed by atoms with Crippen molar-refractivity contribution in [1.82, 2.24) is 0 Å². The quantitative estimate of drug-likeness (QED) is 0.627. The molecule has 0 aromatic heterocycles. The van der Waals surface area contributed by atoms with Gasteiger partial charge in [0.25, 0.3) is 0 Å². The number of benzene rings is 2. The van der Waals surface area contributed by atoms with E-state index in [1.54, 1.807) is 12.1 Å². The van der Waals surface area contributed by atoms with Gasteiger partial charge in [-0.05, 0) is 18.6 Å². The first-order chi connectivity index (χ1) is 10.3. The molecule has 0 aliphatic heterocycles. The van der Waals surface area contributed by atoms with E-state index < -0.39 is 5.92 Å². The average Bonchev–Trinajstić information content (AvgIpc) is 2.56. The van der Waals surface area contributed by atoms with Gasteiger partial charge in [-0.1, -0.05) is 60.4 Å². The van der Waals surface area contributed by atoms with Crippen molar-refractivity contribution in [3.8, 4) is 17.9 Å². The number of hydrogen-bond donors (Lipinski definition) is 0. The van der Waals surface area contributed by atoms with Gasteiger partial charge in [-0.15, -0.1) is 0 Å². The zero-order chi connectivity index (χ0) is 14.9. The molecular weight excluding hydrogens is 258 g/mol. The molecule has 1 unspecified atom stereocenters. The maximum Gasteiger partial charge on any atom is 0.177 e. The molecule has 0 heterocycles. The van der Waals surface area contributed by atoms with E-state index in [1.807, 2.05) is 48.5 Å². The summed E-state index contributed by atoms with van der Waals surface area (Å²) in [5.41, 5.74) is 1.52. The van der Waals surface area contributed by atoms with Crippen molar-refractivity contribution in [1.29, 1.82) is 5.26 Å². The summed E-state index contributed by atoms with van der Waals surface area (Å²) in [6, 6.07) is 20.7. The highest BCUT2D eigenvalue weighted by molar-refractivity contribution is 5.99. The summed E-state index contributed by atoms with van der Waals surface area (Å²) in [4.78, 5) is 12.5. The third-order valence-electron chi connectivity index (χ3n) is 3.08. The van der Waals surface area contributed by atoms with Gasteiger partial charge in [-0.25, -0.2) is 0 Å². The molecule has 2 aromatic rings. The molecule has 102 valence electrons. The minimum absolute atomic E-state index is 0.0192. The van der Waals surface area contributed by atoms with Crippen LogP contribution >= 0.6 is 0 Å². The molecule has 2 nitrogen and oxygen atoms in total. The number of hydrogen-bond acceptors (Lipinski definition) is 2. The van der Waals surface area contributed by atoms with E-state index in [-0.39, 0.29) is 5.78 Å². The molecule has 0 aliphatic rings. The first-order valence-electron chi connectivity index (χ1n) is 6.84. The predicted octanol–water partition coefficient (Wildman–Crippen LogP) is 3.84. The molecule has 2 aromatic carbocycles. The van der Waals surface area contributed by atoms with E-state index in [0.717, 1.165) is 5.56 Å². The Balaban J connectivity index is 2.21. The number of carbonyl (C=O) groups excluding carboxylic acids is 1. The average molecular weight is 273 g/mol. The first-order valence-corrected chi connectivity index (χ1v) is 6.84. The van der Waals surface area contributed by atoms with E-state index in [0.29, 0.717) is 18.4 Å². The second-order valence-electron chi connectivity index (χ2n) is 4.62. The summed E-state index contributed by atoms with van der Waals surface area (Å²) < 4.78 is 0. The van der Waals surface area contributed by atoms with Crippen molar-refractivity contribution in [3.05, 3.63) is 71.8 Å². The zero-order valence-electron chi connectivity index (χ0n) is 11.6. The minimum Gasteiger partial charge on any atom is -0.293 e. The van der Waals surface area contributed by atoms with E-state index >= 15 is 0 Å². The summed E-state index contributed by atoms with van der Waals surface area (Å²) in [5.74, 6) is 5.59. The van der Waals surface area contributed by atoms with Gasteiger partial charge in [0.05, 0.1) is 12.0 Å². The second kappa shape index (κ2) is 7.68. The molecular formula is C19H15NO. The number of nitriles is 1. The monoisotopic (exact) mass is 273 g/mol. The standard InChI is InChI=1S/C19H15NO/c20-15-7-12-18(14-13-16-8-3-1-4-9-16)19(21)17-10-5-2-6-11-17/h1-6,8-11,18H,7,12H2. The largest absolute Gasteiger partial charge is 0.293 e. The Hall–Kier alpha value is -2.84. The molecule has 0 saturated heterocycles. The van der Waals surface area contributed by atoms with E-state index in [2.05, 4.69) is 17.9 Å². The zero-order valence-corrected chi connectivity index (χ0v) is 11.6. The van der Waals surface area contributed by atoms with Crippen LogP contribution in [0.5, 0.6) is 0 Å². The van der Waals surface area contributed by atoms with Gasteiger partial charge >= 0.3 is 0 Å². The fourth-order valence-corrected chi connectivity index (χ4v) is 1.97. The van der Waals surface area contributed by atoms with Crippen molar-refractivity contribution in [2.24, 2.45) is 5.92 Å². The molecule has 2 rings (SSSR count). The van der Waals surface area contributed by atoms with Crippen LogP contribution in [0.25, 0.3) is 0 Å². The Morgan fingerprint density at radius 1 is 1.00 bits per heavy atom. The van der Waals surface area contributed by atoms with E-state index in [1.165, 1.54) is 0 Å². The maximum absolute atomic E-state index is 12.5. The van der Waals surface area contributed by atoms with E-state index in [4.69, 9.17) is 5.26 Å². The third-order valence-corrected chi connectivity index (χ3v) is 3.08. The van der Waals surface area contributed by atoms with Crippen molar-refractivity contribution in [3.63, 3.8) is 0 Å². The molecule has 0 amide bonds. The smallest absolute Gasteiger partial charge is 0.177 e. The molecule has 0 spiro atoms. The Morgan fingerprint density at radius 3 is 2.24 bits per heavy atom. The summed E-state index contributed by atoms with van der Waals surface area (Å²) >= 11 is 0. The lowest BCUT2D eigenvalue weighted by molar-refractivity contribution is 0.0945. The van der Waals surface area contributed by atoms with Crippen LogP contribution in [-0.4, -0.2) is 5.78 Å². The van der Waals surface area contributed by atoms with Gasteiger partial charge in [-0.3, -0.25) is 4.79 Å². The Labute approximate surface area is 125 Å². The highest BCUT2D eigenvalue weighted by Gasteiger charge is 2.17. The van der Waals surface area contributed by atoms with Gasteiger partial charge in [0.2, 0.25) is 0 Å². The molecule has 2 heteroatoms. The Bertz CT molecular complexity index is 687. The van der Waals surface area contributed by atoms with Gasteiger partial charge in [0, 0.05) is 17.5 Å². The molecule has 0 fully saturated rings. The van der Waals surface area contributed by atoms with Gasteiger partial charge in [0.15, 0.2) is 5.78 Å². The molecule has 0 aliphatic carbocycles. The number of ketones is 1. The highest BCUT2D eigenvalue weighted by atomic mass is 16.1. The predicted molar refractivity (Wildman–Crippen MR) is 82.4 cm³/mol. The van der Waals surface area contributed by atoms with Gasteiger partial charge in [0.1, 0.15) is 0 Å². The number of rotatable bonds is 4. The lowest BCUT2D eigenvalue weighted by Gasteiger charge is -2.07. The van der Waals surface area contributed by atoms with Crippen molar-refractivity contribution >= 4 is 5.78 Å². The van der Waals surface area contributed by atoms with Gasteiger partial charge < -0.3 is 0 Å². The SMILES string of the molecule is N#CCCC(C#Cc1ccccc1)C(=O)c1ccccc1. The molecule has 0 N–H and O–H groups in total. The second-order valence-corrected chi connectivity index (χ2v) is 4.62. The lowest BCUT2D eigenvalue weighted by atomic mass is 9.93. The van der Waals surface area contributed by atoms with Crippen molar-refractivity contribution in [2.45, 2.75) is 12.8 Å². The number of carbonyl (C=O) groups is 1. The molecule has 0 bridgehead atoms. The Kier molecular flexibility index (Phi) is 5.33. The van der Waals surface area contributed by atoms with Crippen LogP contribution in [0.2, 0.25) is 0 Å². The summed E-state index contributed by atoms with van der Waals surface area (Å²) in [7, 11) is 0. The minimum atomic E-state index is -0.438. The van der Waals surface area contributed by atoms with Crippen LogP contribution in [0.15, 0.2) is 60.7 Å². The van der Waals surface area contributed by atoms with Crippen LogP contribution in [0, 0.1) is 29.1 Å². The van der Waals surface area contributed by atoms with Crippen LogP contribution in [0.3, 0.4) is 0 Å². The maximum atomic E-state index is 12.5. The lowest BCUT2D eigenvalue weighted by Crippen LogP contribution is -2.13. The number of Topliss-reactive ketones (excluding diaryl/α,β-unsaturated/α-hetero) is 1. The van der Waals surface area contributed by atoms with Crippen LogP contribution < -0.4 is 0 Å². The van der Waals surface area contributed by atoms with Crippen LogP contribution in [0.1, 0.15) is 28.8 Å². The normalized spacial score (nSPS) is 10.8. The molecule has 0 radical (unpaired) electrons. The van der Waals surface area contributed by atoms with Crippen molar-refractivity contribution < 1.29 is 4.79 Å². The molecule has 21 heavy (non-hydrogen) atoms. The third kappa shape index (κ3) is 4.34. The van der Waals surface area contributed by atoms with Crippen molar-refractivity contribution in [2.75, 3.05) is 0 Å². The van der Waals surface area contributed by atoms with Gasteiger partial charge in [-0.2, -0.15) is 5.26 Å². The topological polar surface area (TPSA) is 40.9 Å². The first kappa shape index (κ1) is 14.6. The Morgan fingerprint density at radius 2 is 1.62 bits per heavy atom. The highest BCUT2D eigenvalue weighted by Crippen LogP contribution is 2.14. The summed E-state index contributed by atoms with van der Waals surface area (Å²) in [6.07, 6.45) is 0.788. The molecule has 1 atom stereocenters. The fourth-order valence-electron chi connectivity index (χ4n) is 1.97. The summed E-state index contributed by atoms with van der Waals surface area (Å²) in [6.45, 7) is 0. The summed E-state index contributed by atoms with van der Waals surface area (Å²) in [5, 5.41) is 8.74. The molecule has 0 saturated carbocycles. The van der Waals surface area contributed by atoms with Crippen LogP contribution in [0.4, 0.5) is 0 Å². The number of nitrogens with zero attached hydrogens (tertiary/aromatic N) is 1.